The summed E-state index contributed by atoms with van der Waals surface area (Å²) in [6.07, 6.45) is 1.75. The van der Waals surface area contributed by atoms with Gasteiger partial charge in [0.05, 0.1) is 5.69 Å². The Morgan fingerprint density at radius 3 is 2.36 bits per heavy atom. The van der Waals surface area contributed by atoms with Gasteiger partial charge in [0.1, 0.15) is 11.6 Å². The molecule has 0 aliphatic rings. The van der Waals surface area contributed by atoms with Gasteiger partial charge < -0.3 is 10.3 Å². The van der Waals surface area contributed by atoms with Gasteiger partial charge in [-0.25, -0.2) is 13.3 Å². The average molecular weight is 437 g/mol. The molecule has 0 amide bonds. The molecule has 0 atom stereocenters. The Bertz CT molecular complexity index is 1150. The van der Waals surface area contributed by atoms with Crippen LogP contribution in [0.25, 0.3) is 28.2 Å². The van der Waals surface area contributed by atoms with E-state index in [1.807, 2.05) is 0 Å². The SMILES string of the molecule is O=[C-]c1cc(-c2ccc(F)cc2)n2nc(-c3ccc(Br)cc3F)cc2n1.[Li+].[OH-]. The van der Waals surface area contributed by atoms with Crippen molar-refractivity contribution in [3.05, 3.63) is 76.4 Å². The van der Waals surface area contributed by atoms with Crippen LogP contribution in [0.5, 0.6) is 0 Å². The van der Waals surface area contributed by atoms with E-state index in [4.69, 9.17) is 0 Å². The molecule has 4 aromatic rings. The zero-order valence-electron chi connectivity index (χ0n) is 14.5. The minimum Gasteiger partial charge on any atom is -0.870 e. The van der Waals surface area contributed by atoms with Gasteiger partial charge in [0.25, 0.3) is 0 Å². The molecule has 0 saturated heterocycles. The largest absolute Gasteiger partial charge is 1.00 e. The van der Waals surface area contributed by atoms with Gasteiger partial charge in [-0.2, -0.15) is 11.2 Å². The molecule has 0 fully saturated rings. The zero-order chi connectivity index (χ0) is 18.3. The zero-order valence-corrected chi connectivity index (χ0v) is 16.1. The van der Waals surface area contributed by atoms with Crippen molar-refractivity contribution in [1.82, 2.24) is 14.6 Å². The van der Waals surface area contributed by atoms with Crippen molar-refractivity contribution in [2.75, 3.05) is 0 Å². The molecule has 0 bridgehead atoms. The number of aromatic nitrogens is 3. The van der Waals surface area contributed by atoms with Crippen LogP contribution in [0.2, 0.25) is 0 Å². The van der Waals surface area contributed by atoms with Gasteiger partial charge in [0, 0.05) is 22.4 Å². The molecule has 2 heterocycles. The van der Waals surface area contributed by atoms with E-state index in [-0.39, 0.29) is 35.8 Å². The molecule has 1 N–H and O–H groups in total. The van der Waals surface area contributed by atoms with Crippen molar-refractivity contribution >= 4 is 27.9 Å². The van der Waals surface area contributed by atoms with Crippen molar-refractivity contribution in [1.29, 1.82) is 0 Å². The number of hydrogen-bond acceptors (Lipinski definition) is 4. The Kier molecular flexibility index (Phi) is 6.85. The summed E-state index contributed by atoms with van der Waals surface area (Å²) in [5, 5.41) is 4.42. The summed E-state index contributed by atoms with van der Waals surface area (Å²) in [5.74, 6) is -0.812. The van der Waals surface area contributed by atoms with Gasteiger partial charge in [-0.05, 0) is 41.6 Å². The standard InChI is InChI=1S/C19H9BrF2N3O.Li.H2O/c20-12-3-6-15(16(22)7-12)17-9-19-23-14(10-26)8-18(25(19)24-17)11-1-4-13(21)5-2-11;;/h1-9H;;1H2/q-1;+1;/p-1. The molecular formula is C19H10BrF2LiN3O2-. The number of hydrogen-bond donors (Lipinski definition) is 0. The van der Waals surface area contributed by atoms with Crippen molar-refractivity contribution in [3.8, 4) is 22.5 Å². The van der Waals surface area contributed by atoms with Crippen LogP contribution < -0.4 is 18.9 Å². The summed E-state index contributed by atoms with van der Waals surface area (Å²) in [5.41, 5.74) is 2.29. The van der Waals surface area contributed by atoms with Gasteiger partial charge in [-0.1, -0.05) is 33.8 Å². The first kappa shape index (κ1) is 21.9. The van der Waals surface area contributed by atoms with E-state index in [1.54, 1.807) is 36.6 Å². The number of fused-ring (bicyclic) bond motifs is 1. The number of carbonyl (C=O) groups excluding carboxylic acids is 1. The first-order valence-electron chi connectivity index (χ1n) is 7.55. The van der Waals surface area contributed by atoms with Crippen molar-refractivity contribution in [2.45, 2.75) is 0 Å². The fourth-order valence-electron chi connectivity index (χ4n) is 2.68. The van der Waals surface area contributed by atoms with E-state index in [0.29, 0.717) is 32.6 Å². The van der Waals surface area contributed by atoms with Crippen LogP contribution >= 0.6 is 15.9 Å². The molecule has 136 valence electrons. The second kappa shape index (κ2) is 8.76. The summed E-state index contributed by atoms with van der Waals surface area (Å²) in [6.45, 7) is 0. The van der Waals surface area contributed by atoms with E-state index >= 15 is 0 Å². The molecule has 28 heavy (non-hydrogen) atoms. The summed E-state index contributed by atoms with van der Waals surface area (Å²) in [7, 11) is 0. The predicted octanol–water partition coefficient (Wildman–Crippen LogP) is 1.39. The maximum absolute atomic E-state index is 14.3. The van der Waals surface area contributed by atoms with Crippen molar-refractivity contribution < 1.29 is 37.9 Å². The van der Waals surface area contributed by atoms with Crippen molar-refractivity contribution in [3.63, 3.8) is 0 Å². The minimum absolute atomic E-state index is 0. The molecule has 2 aromatic heterocycles. The van der Waals surface area contributed by atoms with Crippen LogP contribution in [-0.4, -0.2) is 26.4 Å². The summed E-state index contributed by atoms with van der Waals surface area (Å²) < 4.78 is 29.6. The fraction of sp³-hybridized carbons (Fsp3) is 0. The van der Waals surface area contributed by atoms with Gasteiger partial charge in [-0.15, -0.1) is 0 Å². The smallest absolute Gasteiger partial charge is 0.870 e. The van der Waals surface area contributed by atoms with E-state index in [2.05, 4.69) is 26.0 Å². The fourth-order valence-corrected chi connectivity index (χ4v) is 3.02. The van der Waals surface area contributed by atoms with Crippen LogP contribution in [0.3, 0.4) is 0 Å². The summed E-state index contributed by atoms with van der Waals surface area (Å²) in [6, 6.07) is 13.5. The van der Waals surface area contributed by atoms with E-state index in [1.165, 1.54) is 28.8 Å². The quantitative estimate of drug-likeness (QED) is 0.359. The third-order valence-corrected chi connectivity index (χ3v) is 4.37. The second-order valence-corrected chi connectivity index (χ2v) is 6.48. The monoisotopic (exact) mass is 436 g/mol. The normalized spacial score (nSPS) is 10.2. The Hall–Kier alpha value is -2.37. The average Bonchev–Trinajstić information content (AvgIpc) is 3.05. The molecule has 9 heteroatoms. The molecule has 0 aliphatic heterocycles. The van der Waals surface area contributed by atoms with Gasteiger partial charge in [0.2, 0.25) is 0 Å². The Balaban J connectivity index is 0.00000140. The van der Waals surface area contributed by atoms with Crippen LogP contribution in [-0.2, 0) is 4.79 Å². The Morgan fingerprint density at radius 1 is 1.00 bits per heavy atom. The molecule has 0 unspecified atom stereocenters. The number of nitrogens with zero attached hydrogens (tertiary/aromatic N) is 3. The third kappa shape index (κ3) is 4.05. The van der Waals surface area contributed by atoms with Crippen LogP contribution in [0.1, 0.15) is 5.69 Å². The van der Waals surface area contributed by atoms with E-state index < -0.39 is 5.82 Å². The molecule has 0 spiro atoms. The second-order valence-electron chi connectivity index (χ2n) is 5.56. The molecule has 0 aliphatic carbocycles. The van der Waals surface area contributed by atoms with E-state index in [9.17, 15) is 13.6 Å². The predicted molar refractivity (Wildman–Crippen MR) is 98.2 cm³/mol. The third-order valence-electron chi connectivity index (χ3n) is 3.88. The van der Waals surface area contributed by atoms with E-state index in [0.717, 1.165) is 0 Å². The molecule has 0 saturated carbocycles. The minimum atomic E-state index is -0.437. The topological polar surface area (TPSA) is 77.3 Å². The molecule has 4 rings (SSSR count). The van der Waals surface area contributed by atoms with Crippen molar-refractivity contribution in [2.24, 2.45) is 0 Å². The first-order valence-corrected chi connectivity index (χ1v) is 8.35. The maximum Gasteiger partial charge on any atom is 1.00 e. The maximum atomic E-state index is 14.3. The van der Waals surface area contributed by atoms with Gasteiger partial charge in [0.15, 0.2) is 5.65 Å². The number of rotatable bonds is 3. The van der Waals surface area contributed by atoms with Crippen LogP contribution in [0.4, 0.5) is 8.78 Å². The Labute approximate surface area is 179 Å². The van der Waals surface area contributed by atoms with Gasteiger partial charge >= 0.3 is 18.9 Å². The first-order chi connectivity index (χ1) is 12.5. The summed E-state index contributed by atoms with van der Waals surface area (Å²) in [4.78, 5) is 15.3. The number of benzene rings is 2. The Morgan fingerprint density at radius 2 is 1.71 bits per heavy atom. The number of halogens is 3. The summed E-state index contributed by atoms with van der Waals surface area (Å²) >= 11 is 3.22. The molecular weight excluding hydrogens is 427 g/mol. The molecule has 2 aromatic carbocycles. The van der Waals surface area contributed by atoms with Crippen LogP contribution in [0.15, 0.2) is 59.1 Å². The molecule has 0 radical (unpaired) electrons. The van der Waals surface area contributed by atoms with Gasteiger partial charge in [-0.3, -0.25) is 4.98 Å². The molecule has 5 nitrogen and oxygen atoms in total. The van der Waals surface area contributed by atoms with Crippen LogP contribution in [0, 0.1) is 11.6 Å².